The zero-order valence-electron chi connectivity index (χ0n) is 10.5. The maximum Gasteiger partial charge on any atom is 0.238 e. The molecule has 0 fully saturated rings. The molecule has 3 N–H and O–H groups in total. The van der Waals surface area contributed by atoms with Gasteiger partial charge in [0.1, 0.15) is 18.3 Å². The summed E-state index contributed by atoms with van der Waals surface area (Å²) >= 11 is 0. The van der Waals surface area contributed by atoms with Crippen LogP contribution in [-0.4, -0.2) is 27.5 Å². The van der Waals surface area contributed by atoms with Crippen molar-refractivity contribution < 1.29 is 17.9 Å². The molecule has 0 saturated heterocycles. The molecule has 0 spiro atoms. The van der Waals surface area contributed by atoms with E-state index in [9.17, 15) is 13.2 Å². The van der Waals surface area contributed by atoms with Crippen molar-refractivity contribution in [3.8, 4) is 5.75 Å². The minimum absolute atomic E-state index is 0.00922. The third-order valence-corrected chi connectivity index (χ3v) is 3.87. The first-order valence-electron chi connectivity index (χ1n) is 6.00. The molecule has 1 aliphatic rings. The molecule has 104 valence electrons. The van der Waals surface area contributed by atoms with E-state index in [0.717, 1.165) is 6.42 Å². The Kier molecular flexibility index (Phi) is 3.77. The average molecular weight is 284 g/mol. The van der Waals surface area contributed by atoms with Crippen molar-refractivity contribution >= 4 is 15.9 Å². The van der Waals surface area contributed by atoms with Gasteiger partial charge >= 0.3 is 0 Å². The van der Waals surface area contributed by atoms with Crippen LogP contribution >= 0.6 is 0 Å². The number of nitrogens with two attached hydrogens (primary N) is 1. The topological polar surface area (TPSA) is 98.5 Å². The molecule has 2 rings (SSSR count). The second-order valence-electron chi connectivity index (χ2n) is 4.40. The summed E-state index contributed by atoms with van der Waals surface area (Å²) in [6, 6.07) is 4.32. The smallest absolute Gasteiger partial charge is 0.238 e. The molecule has 1 aliphatic heterocycles. The lowest BCUT2D eigenvalue weighted by atomic mass is 10.0. The van der Waals surface area contributed by atoms with Crippen LogP contribution in [0.15, 0.2) is 23.1 Å². The van der Waals surface area contributed by atoms with Gasteiger partial charge < -0.3 is 10.1 Å². The van der Waals surface area contributed by atoms with Crippen molar-refractivity contribution in [3.05, 3.63) is 23.8 Å². The molecule has 1 atom stereocenters. The molecule has 19 heavy (non-hydrogen) atoms. The van der Waals surface area contributed by atoms with Gasteiger partial charge in [0, 0.05) is 12.1 Å². The van der Waals surface area contributed by atoms with Gasteiger partial charge in [0.25, 0.3) is 0 Å². The van der Waals surface area contributed by atoms with Crippen LogP contribution in [-0.2, 0) is 14.8 Å². The molecule has 0 aliphatic carbocycles. The van der Waals surface area contributed by atoms with Crippen molar-refractivity contribution in [3.63, 3.8) is 0 Å². The molecule has 1 aromatic carbocycles. The van der Waals surface area contributed by atoms with E-state index >= 15 is 0 Å². The SMILES string of the molecule is CCCNC(=O)C1COc2ccc(S(N)(=O)=O)cc21. The largest absolute Gasteiger partial charge is 0.492 e. The summed E-state index contributed by atoms with van der Waals surface area (Å²) in [6.07, 6.45) is 0.837. The predicted octanol–water partition coefficient (Wildman–Crippen LogP) is 0.336. The van der Waals surface area contributed by atoms with E-state index in [1.807, 2.05) is 6.92 Å². The minimum atomic E-state index is -3.78. The molecule has 7 heteroatoms. The zero-order valence-corrected chi connectivity index (χ0v) is 11.4. The molecular formula is C12H16N2O4S. The number of carbonyl (C=O) groups excluding carboxylic acids is 1. The molecule has 1 heterocycles. The molecule has 1 amide bonds. The number of hydrogen-bond acceptors (Lipinski definition) is 4. The lowest BCUT2D eigenvalue weighted by Gasteiger charge is -2.09. The Morgan fingerprint density at radius 3 is 2.89 bits per heavy atom. The molecule has 0 aromatic heterocycles. The van der Waals surface area contributed by atoms with Gasteiger partial charge in [0.2, 0.25) is 15.9 Å². The van der Waals surface area contributed by atoms with Gasteiger partial charge in [-0.05, 0) is 24.6 Å². The summed E-state index contributed by atoms with van der Waals surface area (Å²) in [5, 5.41) is 7.86. The maximum atomic E-state index is 12.0. The summed E-state index contributed by atoms with van der Waals surface area (Å²) in [6.45, 7) is 2.76. The lowest BCUT2D eigenvalue weighted by molar-refractivity contribution is -0.122. The fourth-order valence-electron chi connectivity index (χ4n) is 1.96. The molecule has 0 saturated carbocycles. The van der Waals surface area contributed by atoms with Gasteiger partial charge in [-0.15, -0.1) is 0 Å². The Labute approximate surface area is 112 Å². The van der Waals surface area contributed by atoms with Gasteiger partial charge in [0.05, 0.1) is 4.90 Å². The monoisotopic (exact) mass is 284 g/mol. The molecule has 6 nitrogen and oxygen atoms in total. The van der Waals surface area contributed by atoms with Crippen LogP contribution in [0.4, 0.5) is 0 Å². The number of benzene rings is 1. The minimum Gasteiger partial charge on any atom is -0.492 e. The highest BCUT2D eigenvalue weighted by molar-refractivity contribution is 7.89. The van der Waals surface area contributed by atoms with Gasteiger partial charge in [-0.2, -0.15) is 0 Å². The predicted molar refractivity (Wildman–Crippen MR) is 69.4 cm³/mol. The van der Waals surface area contributed by atoms with Crippen LogP contribution in [0.5, 0.6) is 5.75 Å². The van der Waals surface area contributed by atoms with Crippen LogP contribution in [0, 0.1) is 0 Å². The quantitative estimate of drug-likeness (QED) is 0.832. The number of rotatable bonds is 4. The number of carbonyl (C=O) groups is 1. The Hall–Kier alpha value is -1.60. The molecular weight excluding hydrogens is 268 g/mol. The average Bonchev–Trinajstić information content (AvgIpc) is 2.77. The Morgan fingerprint density at radius 2 is 2.26 bits per heavy atom. The van der Waals surface area contributed by atoms with Gasteiger partial charge in [-0.25, -0.2) is 13.6 Å². The summed E-state index contributed by atoms with van der Waals surface area (Å²) in [4.78, 5) is 11.9. The van der Waals surface area contributed by atoms with Crippen LogP contribution < -0.4 is 15.2 Å². The normalized spacial score (nSPS) is 17.7. The van der Waals surface area contributed by atoms with Crippen LogP contribution in [0.1, 0.15) is 24.8 Å². The standard InChI is InChI=1S/C12H16N2O4S/c1-2-5-14-12(15)10-7-18-11-4-3-8(6-9(10)11)19(13,16)17/h3-4,6,10H,2,5,7H2,1H3,(H,14,15)(H2,13,16,17). The fourth-order valence-corrected chi connectivity index (χ4v) is 2.51. The first-order valence-corrected chi connectivity index (χ1v) is 7.55. The number of sulfonamides is 1. The summed E-state index contributed by atoms with van der Waals surface area (Å²) in [7, 11) is -3.78. The van der Waals surface area contributed by atoms with Crippen molar-refractivity contribution in [1.82, 2.24) is 5.32 Å². The Bertz CT molecular complexity index is 598. The second-order valence-corrected chi connectivity index (χ2v) is 5.96. The van der Waals surface area contributed by atoms with E-state index in [1.54, 1.807) is 0 Å². The molecule has 0 bridgehead atoms. The Balaban J connectivity index is 2.30. The maximum absolute atomic E-state index is 12.0. The molecule has 0 radical (unpaired) electrons. The highest BCUT2D eigenvalue weighted by atomic mass is 32.2. The lowest BCUT2D eigenvalue weighted by Crippen LogP contribution is -2.30. The third-order valence-electron chi connectivity index (χ3n) is 2.96. The van der Waals surface area contributed by atoms with E-state index in [1.165, 1.54) is 18.2 Å². The Morgan fingerprint density at radius 1 is 1.53 bits per heavy atom. The van der Waals surface area contributed by atoms with Crippen molar-refractivity contribution in [2.45, 2.75) is 24.2 Å². The van der Waals surface area contributed by atoms with E-state index < -0.39 is 15.9 Å². The fraction of sp³-hybridized carbons (Fsp3) is 0.417. The van der Waals surface area contributed by atoms with E-state index in [-0.39, 0.29) is 17.4 Å². The first kappa shape index (κ1) is 13.8. The molecule has 1 aromatic rings. The van der Waals surface area contributed by atoms with E-state index in [0.29, 0.717) is 17.9 Å². The highest BCUT2D eigenvalue weighted by Crippen LogP contribution is 2.35. The summed E-state index contributed by atoms with van der Waals surface area (Å²) < 4.78 is 28.0. The van der Waals surface area contributed by atoms with E-state index in [4.69, 9.17) is 9.88 Å². The van der Waals surface area contributed by atoms with Crippen molar-refractivity contribution in [2.75, 3.05) is 13.2 Å². The highest BCUT2D eigenvalue weighted by Gasteiger charge is 2.31. The number of primary sulfonamides is 1. The van der Waals surface area contributed by atoms with Gasteiger partial charge in [-0.3, -0.25) is 4.79 Å². The number of amides is 1. The number of hydrogen-bond donors (Lipinski definition) is 2. The van der Waals surface area contributed by atoms with E-state index in [2.05, 4.69) is 5.32 Å². The number of ether oxygens (including phenoxy) is 1. The van der Waals surface area contributed by atoms with Crippen molar-refractivity contribution in [1.29, 1.82) is 0 Å². The van der Waals surface area contributed by atoms with Crippen LogP contribution in [0.25, 0.3) is 0 Å². The second kappa shape index (κ2) is 5.18. The molecule has 1 unspecified atom stereocenters. The van der Waals surface area contributed by atoms with Crippen molar-refractivity contribution in [2.24, 2.45) is 5.14 Å². The summed E-state index contributed by atoms with van der Waals surface area (Å²) in [5.74, 6) is -0.112. The number of nitrogens with one attached hydrogen (secondary N) is 1. The van der Waals surface area contributed by atoms with Crippen LogP contribution in [0.2, 0.25) is 0 Å². The zero-order chi connectivity index (χ0) is 14.0. The number of fused-ring (bicyclic) bond motifs is 1. The van der Waals surface area contributed by atoms with Gasteiger partial charge in [-0.1, -0.05) is 6.92 Å². The van der Waals surface area contributed by atoms with Crippen LogP contribution in [0.3, 0.4) is 0 Å². The first-order chi connectivity index (χ1) is 8.93. The summed E-state index contributed by atoms with van der Waals surface area (Å²) in [5.41, 5.74) is 0.570. The third kappa shape index (κ3) is 2.87. The van der Waals surface area contributed by atoms with Gasteiger partial charge in [0.15, 0.2) is 0 Å².